The van der Waals surface area contributed by atoms with Crippen molar-refractivity contribution in [3.05, 3.63) is 126 Å². The normalized spacial score (nSPS) is 11.9. The number of benzene rings is 3. The zero-order valence-electron chi connectivity index (χ0n) is 21.4. The van der Waals surface area contributed by atoms with Gasteiger partial charge >= 0.3 is 0 Å². The van der Waals surface area contributed by atoms with Gasteiger partial charge in [-0.15, -0.1) is 0 Å². The minimum absolute atomic E-state index is 0.221. The van der Waals surface area contributed by atoms with E-state index in [4.69, 9.17) is 0 Å². The largest absolute Gasteiger partial charge is 0.322 e. The van der Waals surface area contributed by atoms with Crippen LogP contribution in [0.25, 0.3) is 38.6 Å². The second-order valence-electron chi connectivity index (χ2n) is 9.19. The highest BCUT2D eigenvalue weighted by Crippen LogP contribution is 2.30. The van der Waals surface area contributed by atoms with Crippen LogP contribution in [0.2, 0.25) is 0 Å². The molecule has 6 aromatic rings. The van der Waals surface area contributed by atoms with Gasteiger partial charge in [-0.05, 0) is 66.6 Å². The van der Waals surface area contributed by atoms with Crippen molar-refractivity contribution in [2.24, 2.45) is 0 Å². The minimum Gasteiger partial charge on any atom is -0.322 e. The van der Waals surface area contributed by atoms with Crippen LogP contribution in [0, 0.1) is 6.92 Å². The lowest BCUT2D eigenvalue weighted by atomic mass is 10.0. The molecule has 0 bridgehead atoms. The molecule has 0 spiro atoms. The Labute approximate surface area is 231 Å². The number of aromatic nitrogens is 4. The lowest BCUT2D eigenvalue weighted by molar-refractivity contribution is -0.111. The van der Waals surface area contributed by atoms with Crippen molar-refractivity contribution in [1.82, 2.24) is 18.7 Å². The summed E-state index contributed by atoms with van der Waals surface area (Å²) in [4.78, 5) is 30.6. The zero-order chi connectivity index (χ0) is 27.8. The summed E-state index contributed by atoms with van der Waals surface area (Å²) in [5.41, 5.74) is 4.83. The molecule has 196 valence electrons. The highest BCUT2D eigenvalue weighted by molar-refractivity contribution is 7.83. The molecule has 0 saturated heterocycles. The summed E-state index contributed by atoms with van der Waals surface area (Å²) in [5.74, 6) is -0.335. The summed E-state index contributed by atoms with van der Waals surface area (Å²) in [5, 5.41) is 8.70. The number of carbonyl (C=O) groups excluding carboxylic acids is 1. The van der Waals surface area contributed by atoms with Crippen LogP contribution in [0.5, 0.6) is 0 Å². The van der Waals surface area contributed by atoms with Gasteiger partial charge in [0.2, 0.25) is 5.91 Å². The van der Waals surface area contributed by atoms with Crippen molar-refractivity contribution in [1.29, 1.82) is 0 Å². The molecule has 8 nitrogen and oxygen atoms in total. The van der Waals surface area contributed by atoms with E-state index >= 15 is 0 Å². The first kappa shape index (κ1) is 25.1. The standard InChI is InChI=1S/C31H23N5O3S/c1-3-29(37)34-28-16-24(12-9-20(28)2)36-30(38)14-11-22-17-32-27-13-10-21(15-26(27)31(22)36)23-18-33-35(19-23)40(39)25-7-5-4-6-8-25/h3-19H,1H2,2H3,(H,34,37). The van der Waals surface area contributed by atoms with Gasteiger partial charge in [0.25, 0.3) is 5.56 Å². The first-order valence-corrected chi connectivity index (χ1v) is 13.5. The van der Waals surface area contributed by atoms with Gasteiger partial charge in [-0.1, -0.05) is 36.9 Å². The molecule has 0 aliphatic carbocycles. The van der Waals surface area contributed by atoms with Crippen molar-refractivity contribution in [2.75, 3.05) is 5.32 Å². The maximum Gasteiger partial charge on any atom is 0.255 e. The van der Waals surface area contributed by atoms with Crippen LogP contribution in [0.15, 0.2) is 120 Å². The molecule has 1 unspecified atom stereocenters. The fourth-order valence-electron chi connectivity index (χ4n) is 4.60. The Hall–Kier alpha value is -5.15. The summed E-state index contributed by atoms with van der Waals surface area (Å²) in [6.45, 7) is 5.40. The minimum atomic E-state index is -1.48. The average Bonchev–Trinajstić information content (AvgIpc) is 3.48. The Morgan fingerprint density at radius 1 is 0.975 bits per heavy atom. The van der Waals surface area contributed by atoms with Crippen LogP contribution < -0.4 is 10.9 Å². The first-order valence-electron chi connectivity index (χ1n) is 12.4. The van der Waals surface area contributed by atoms with Gasteiger partial charge in [0.1, 0.15) is 0 Å². The lowest BCUT2D eigenvalue weighted by Gasteiger charge is -2.15. The summed E-state index contributed by atoms with van der Waals surface area (Å²) >= 11 is 0. The van der Waals surface area contributed by atoms with Gasteiger partial charge in [0, 0.05) is 40.5 Å². The number of nitrogens with one attached hydrogen (secondary N) is 1. The quantitative estimate of drug-likeness (QED) is 0.223. The molecule has 0 aliphatic rings. The number of carbonyl (C=O) groups is 1. The molecule has 1 amide bonds. The molecule has 6 rings (SSSR count). The van der Waals surface area contributed by atoms with Gasteiger partial charge in [0.15, 0.2) is 11.0 Å². The van der Waals surface area contributed by atoms with Gasteiger partial charge < -0.3 is 5.32 Å². The number of fused-ring (bicyclic) bond motifs is 3. The van der Waals surface area contributed by atoms with Gasteiger partial charge in [-0.2, -0.15) is 9.19 Å². The van der Waals surface area contributed by atoms with E-state index in [0.717, 1.165) is 27.5 Å². The Morgan fingerprint density at radius 2 is 1.80 bits per heavy atom. The van der Waals surface area contributed by atoms with Crippen molar-refractivity contribution < 1.29 is 9.00 Å². The number of rotatable bonds is 6. The Morgan fingerprint density at radius 3 is 2.60 bits per heavy atom. The molecule has 40 heavy (non-hydrogen) atoms. The van der Waals surface area contributed by atoms with E-state index in [0.29, 0.717) is 27.3 Å². The van der Waals surface area contributed by atoms with Gasteiger partial charge in [-0.3, -0.25) is 19.1 Å². The molecule has 1 N–H and O–H groups in total. The Kier molecular flexibility index (Phi) is 6.41. The number of hydrogen-bond acceptors (Lipinski definition) is 5. The van der Waals surface area contributed by atoms with Crippen LogP contribution >= 0.6 is 0 Å². The lowest BCUT2D eigenvalue weighted by Crippen LogP contribution is -2.18. The molecular formula is C31H23N5O3S. The van der Waals surface area contributed by atoms with E-state index in [-0.39, 0.29) is 11.5 Å². The molecule has 9 heteroatoms. The number of amides is 1. The second kappa shape index (κ2) is 10.2. The molecule has 0 radical (unpaired) electrons. The third-order valence-electron chi connectivity index (χ3n) is 6.65. The molecule has 3 aromatic heterocycles. The van der Waals surface area contributed by atoms with Crippen LogP contribution in [0.4, 0.5) is 5.69 Å². The van der Waals surface area contributed by atoms with E-state index in [1.165, 1.54) is 16.2 Å². The number of hydrogen-bond donors (Lipinski definition) is 1. The fraction of sp³-hybridized carbons (Fsp3) is 0.0323. The number of aryl methyl sites for hydroxylation is 1. The zero-order valence-corrected chi connectivity index (χ0v) is 22.3. The summed E-state index contributed by atoms with van der Waals surface area (Å²) in [6.07, 6.45) is 6.35. The van der Waals surface area contributed by atoms with Crippen LogP contribution in [-0.4, -0.2) is 28.9 Å². The maximum atomic E-state index is 13.3. The summed E-state index contributed by atoms with van der Waals surface area (Å²) < 4.78 is 16.0. The Bertz CT molecular complexity index is 2030. The fourth-order valence-corrected chi connectivity index (χ4v) is 5.55. The maximum absolute atomic E-state index is 13.3. The van der Waals surface area contributed by atoms with Crippen molar-refractivity contribution >= 4 is 44.4 Å². The van der Waals surface area contributed by atoms with Crippen molar-refractivity contribution in [3.8, 4) is 16.8 Å². The summed E-state index contributed by atoms with van der Waals surface area (Å²) in [6, 6.07) is 23.6. The van der Waals surface area contributed by atoms with E-state index in [1.54, 1.807) is 47.4 Å². The third-order valence-corrected chi connectivity index (χ3v) is 7.86. The molecule has 3 heterocycles. The summed E-state index contributed by atoms with van der Waals surface area (Å²) in [7, 11) is -1.48. The molecule has 1 atom stereocenters. The predicted octanol–water partition coefficient (Wildman–Crippen LogP) is 5.41. The number of nitrogens with zero attached hydrogens (tertiary/aromatic N) is 4. The smallest absolute Gasteiger partial charge is 0.255 e. The molecule has 0 aliphatic heterocycles. The molecule has 3 aromatic carbocycles. The second-order valence-corrected chi connectivity index (χ2v) is 10.5. The van der Waals surface area contributed by atoms with Crippen LogP contribution in [-0.2, 0) is 15.8 Å². The van der Waals surface area contributed by atoms with Crippen molar-refractivity contribution in [3.63, 3.8) is 0 Å². The van der Waals surface area contributed by atoms with Gasteiger partial charge in [0.05, 0.1) is 27.8 Å². The SMILES string of the molecule is C=CC(=O)Nc1cc(-n2c(=O)ccc3cnc4ccc(-c5cnn(S(=O)c6ccccc6)c5)cc4c32)ccc1C. The predicted molar refractivity (Wildman–Crippen MR) is 158 cm³/mol. The Balaban J connectivity index is 1.51. The van der Waals surface area contributed by atoms with E-state index in [9.17, 15) is 13.8 Å². The molecule has 0 fully saturated rings. The number of anilines is 1. The highest BCUT2D eigenvalue weighted by atomic mass is 32.2. The topological polar surface area (TPSA) is 98.9 Å². The number of pyridine rings is 2. The van der Waals surface area contributed by atoms with Crippen LogP contribution in [0.3, 0.4) is 0 Å². The molecule has 0 saturated carbocycles. The van der Waals surface area contributed by atoms with Crippen molar-refractivity contribution in [2.45, 2.75) is 11.8 Å². The monoisotopic (exact) mass is 545 g/mol. The van der Waals surface area contributed by atoms with Gasteiger partial charge in [-0.25, -0.2) is 4.21 Å². The third kappa shape index (κ3) is 4.52. The molecular weight excluding hydrogens is 522 g/mol. The highest BCUT2D eigenvalue weighted by Gasteiger charge is 2.15. The van der Waals surface area contributed by atoms with E-state index in [1.807, 2.05) is 55.5 Å². The average molecular weight is 546 g/mol. The van der Waals surface area contributed by atoms with E-state index < -0.39 is 11.0 Å². The van der Waals surface area contributed by atoms with E-state index in [2.05, 4.69) is 22.0 Å². The first-order chi connectivity index (χ1) is 19.4. The van der Waals surface area contributed by atoms with Crippen LogP contribution in [0.1, 0.15) is 5.56 Å².